The number of allylic oxidation sites excluding steroid dienone is 8. The Hall–Kier alpha value is -6.13. The number of hydrogen-bond donors (Lipinski definition) is 0. The molecule has 0 saturated heterocycles. The highest BCUT2D eigenvalue weighted by atomic mass is 16.3. The van der Waals surface area contributed by atoms with Gasteiger partial charge in [-0.25, -0.2) is 15.0 Å². The lowest BCUT2D eigenvalue weighted by atomic mass is 9.77. The number of hydrogen-bond acceptors (Lipinski definition) is 4. The molecule has 9 rings (SSSR count). The maximum absolute atomic E-state index is 6.74. The van der Waals surface area contributed by atoms with Crippen molar-refractivity contribution >= 4 is 27.5 Å². The summed E-state index contributed by atoms with van der Waals surface area (Å²) >= 11 is 0. The van der Waals surface area contributed by atoms with E-state index in [9.17, 15) is 0 Å². The van der Waals surface area contributed by atoms with Gasteiger partial charge in [0, 0.05) is 39.0 Å². The van der Waals surface area contributed by atoms with Gasteiger partial charge in [-0.05, 0) is 78.3 Å². The Labute approximate surface area is 291 Å². The van der Waals surface area contributed by atoms with E-state index in [-0.39, 0.29) is 0 Å². The van der Waals surface area contributed by atoms with Crippen LogP contribution in [0.4, 0.5) is 0 Å². The van der Waals surface area contributed by atoms with E-state index < -0.39 is 0 Å². The van der Waals surface area contributed by atoms with Crippen LogP contribution in [0.3, 0.4) is 0 Å². The first-order valence-electron chi connectivity index (χ1n) is 17.4. The molecule has 7 aromatic rings. The lowest BCUT2D eigenvalue weighted by molar-refractivity contribution is 0.670. The Morgan fingerprint density at radius 2 is 1.46 bits per heavy atom. The lowest BCUT2D eigenvalue weighted by Gasteiger charge is -2.26. The van der Waals surface area contributed by atoms with Crippen LogP contribution < -0.4 is 0 Å². The summed E-state index contributed by atoms with van der Waals surface area (Å²) in [5.41, 5.74) is 12.0. The number of para-hydroxylation sites is 1. The van der Waals surface area contributed by atoms with Crippen LogP contribution >= 0.6 is 0 Å². The van der Waals surface area contributed by atoms with Crippen molar-refractivity contribution in [1.82, 2.24) is 15.0 Å². The fourth-order valence-electron chi connectivity index (χ4n) is 7.43. The number of rotatable bonds is 6. The quantitative estimate of drug-likeness (QED) is 0.169. The molecule has 1 unspecified atom stereocenters. The Morgan fingerprint density at radius 3 is 2.34 bits per heavy atom. The van der Waals surface area contributed by atoms with E-state index >= 15 is 0 Å². The van der Waals surface area contributed by atoms with Crippen molar-refractivity contribution in [3.8, 4) is 45.0 Å². The average molecular weight is 646 g/mol. The third-order valence-corrected chi connectivity index (χ3v) is 9.85. The van der Waals surface area contributed by atoms with Gasteiger partial charge in [-0.3, -0.25) is 0 Å². The van der Waals surface area contributed by atoms with E-state index in [1.54, 1.807) is 0 Å². The summed E-state index contributed by atoms with van der Waals surface area (Å²) in [6.07, 6.45) is 18.2. The molecule has 2 heterocycles. The van der Waals surface area contributed by atoms with Crippen molar-refractivity contribution in [3.63, 3.8) is 0 Å². The number of furan rings is 1. The van der Waals surface area contributed by atoms with Gasteiger partial charge in [-0.1, -0.05) is 127 Å². The van der Waals surface area contributed by atoms with Crippen LogP contribution in [0.15, 0.2) is 156 Å². The highest BCUT2D eigenvalue weighted by Gasteiger charge is 2.25. The van der Waals surface area contributed by atoms with Crippen LogP contribution in [0.1, 0.15) is 42.6 Å². The molecule has 240 valence electrons. The average Bonchev–Trinajstić information content (AvgIpc) is 3.58. The van der Waals surface area contributed by atoms with Crippen molar-refractivity contribution in [1.29, 1.82) is 0 Å². The molecule has 0 amide bonds. The zero-order valence-electron chi connectivity index (χ0n) is 27.9. The van der Waals surface area contributed by atoms with E-state index in [4.69, 9.17) is 19.4 Å². The Kier molecular flexibility index (Phi) is 7.62. The molecule has 2 aromatic heterocycles. The van der Waals surface area contributed by atoms with Gasteiger partial charge in [-0.2, -0.15) is 0 Å². The van der Waals surface area contributed by atoms with Gasteiger partial charge in [0.05, 0.1) is 0 Å². The van der Waals surface area contributed by atoms with Gasteiger partial charge in [0.2, 0.25) is 0 Å². The Morgan fingerprint density at radius 1 is 0.660 bits per heavy atom. The van der Waals surface area contributed by atoms with Gasteiger partial charge in [0.15, 0.2) is 17.5 Å². The molecule has 0 fully saturated rings. The first-order valence-corrected chi connectivity index (χ1v) is 17.4. The molecule has 2 aliphatic rings. The van der Waals surface area contributed by atoms with Crippen molar-refractivity contribution < 1.29 is 4.42 Å². The predicted molar refractivity (Wildman–Crippen MR) is 206 cm³/mol. The maximum Gasteiger partial charge on any atom is 0.164 e. The number of nitrogens with zero attached hydrogens (tertiary/aromatic N) is 3. The molecule has 0 spiro atoms. The van der Waals surface area contributed by atoms with Crippen LogP contribution in [-0.4, -0.2) is 15.0 Å². The van der Waals surface area contributed by atoms with Crippen LogP contribution in [0, 0.1) is 0 Å². The zero-order chi connectivity index (χ0) is 33.4. The first kappa shape index (κ1) is 30.0. The maximum atomic E-state index is 6.74. The van der Waals surface area contributed by atoms with Gasteiger partial charge in [0.25, 0.3) is 0 Å². The summed E-state index contributed by atoms with van der Waals surface area (Å²) in [7, 11) is 0. The van der Waals surface area contributed by atoms with Crippen LogP contribution in [0.25, 0.3) is 72.5 Å². The smallest absolute Gasteiger partial charge is 0.164 e. The van der Waals surface area contributed by atoms with Crippen molar-refractivity contribution in [2.24, 2.45) is 0 Å². The standard InChI is InChI=1S/C46H35N3O/c1-2-3-6-19-32-28-33-24-25-34(29-40(33)37-21-12-11-20-35(32)37)36-26-27-39(42-38-22-13-14-23-41(38)50-43(36)42)46-48-44(30-15-7-4-8-16-30)47-45(49-46)31-17-9-5-10-18-31/h2-4,6-9,11-27,29,32H,5,10,28H2,1H3/b3-2-,19-6-. The fraction of sp³-hybridized carbons (Fsp3) is 0.109. The molecule has 0 saturated carbocycles. The highest BCUT2D eigenvalue weighted by molar-refractivity contribution is 6.15. The normalized spacial score (nSPS) is 15.5. The fourth-order valence-corrected chi connectivity index (χ4v) is 7.43. The van der Waals surface area contributed by atoms with Gasteiger partial charge in [0.1, 0.15) is 11.2 Å². The molecular formula is C46H35N3O. The van der Waals surface area contributed by atoms with E-state index in [1.165, 1.54) is 22.3 Å². The summed E-state index contributed by atoms with van der Waals surface area (Å²) in [4.78, 5) is 15.2. The zero-order valence-corrected chi connectivity index (χ0v) is 27.9. The van der Waals surface area contributed by atoms with E-state index in [2.05, 4.69) is 128 Å². The Bertz CT molecular complexity index is 2530. The second-order valence-electron chi connectivity index (χ2n) is 13.0. The first-order chi connectivity index (χ1) is 24.7. The lowest BCUT2D eigenvalue weighted by Crippen LogP contribution is -2.09. The van der Waals surface area contributed by atoms with E-state index in [1.807, 2.05) is 30.3 Å². The monoisotopic (exact) mass is 645 g/mol. The second-order valence-corrected chi connectivity index (χ2v) is 13.0. The molecule has 0 N–H and O–H groups in total. The summed E-state index contributed by atoms with van der Waals surface area (Å²) in [5, 5.41) is 2.05. The van der Waals surface area contributed by atoms with Crippen molar-refractivity contribution in [2.75, 3.05) is 0 Å². The SMILES string of the molecule is C/C=C\C=C/C1Cc2ccc(-c3ccc(-c4nc(C5=CCCC=C5)nc(-c5ccccc5)n4)c4c3oc3ccccc34)cc2-c2ccccc21. The van der Waals surface area contributed by atoms with Crippen LogP contribution in [-0.2, 0) is 6.42 Å². The minimum Gasteiger partial charge on any atom is -0.455 e. The minimum absolute atomic E-state index is 0.341. The molecular weight excluding hydrogens is 611 g/mol. The van der Waals surface area contributed by atoms with Crippen molar-refractivity contribution in [3.05, 3.63) is 169 Å². The highest BCUT2D eigenvalue weighted by Crippen LogP contribution is 2.45. The Balaban J connectivity index is 1.23. The molecule has 0 radical (unpaired) electrons. The molecule has 0 aliphatic heterocycles. The molecule has 4 nitrogen and oxygen atoms in total. The summed E-state index contributed by atoms with van der Waals surface area (Å²) in [6.45, 7) is 2.05. The minimum atomic E-state index is 0.341. The topological polar surface area (TPSA) is 51.8 Å². The molecule has 1 atom stereocenters. The van der Waals surface area contributed by atoms with Crippen LogP contribution in [0.2, 0.25) is 0 Å². The van der Waals surface area contributed by atoms with Gasteiger partial charge < -0.3 is 4.42 Å². The molecule has 5 aromatic carbocycles. The third-order valence-electron chi connectivity index (χ3n) is 9.85. The summed E-state index contributed by atoms with van der Waals surface area (Å²) < 4.78 is 6.74. The number of fused-ring (bicyclic) bond motifs is 6. The van der Waals surface area contributed by atoms with Gasteiger partial charge in [-0.15, -0.1) is 0 Å². The second kappa shape index (κ2) is 12.7. The number of aromatic nitrogens is 3. The molecule has 50 heavy (non-hydrogen) atoms. The van der Waals surface area contributed by atoms with Crippen LogP contribution in [0.5, 0.6) is 0 Å². The molecule has 2 aliphatic carbocycles. The number of benzene rings is 5. The largest absolute Gasteiger partial charge is 0.455 e. The van der Waals surface area contributed by atoms with E-state index in [0.717, 1.165) is 69.0 Å². The third kappa shape index (κ3) is 5.30. The van der Waals surface area contributed by atoms with Crippen molar-refractivity contribution in [2.45, 2.75) is 32.1 Å². The summed E-state index contributed by atoms with van der Waals surface area (Å²) in [6, 6.07) is 38.5. The molecule has 0 bridgehead atoms. The summed E-state index contributed by atoms with van der Waals surface area (Å²) in [5.74, 6) is 2.31. The molecule has 4 heteroatoms. The van der Waals surface area contributed by atoms with E-state index in [0.29, 0.717) is 23.4 Å². The van der Waals surface area contributed by atoms with Gasteiger partial charge >= 0.3 is 0 Å². The predicted octanol–water partition coefficient (Wildman–Crippen LogP) is 11.9.